The zero-order chi connectivity index (χ0) is 9.84. The maximum absolute atomic E-state index is 11.2. The van der Waals surface area contributed by atoms with Crippen molar-refractivity contribution < 1.29 is 9.53 Å². The number of hydrogen-bond donors (Lipinski definition) is 1. The standard InChI is InChI=1S/C8H10ClNO2S/c1-12-8(11)6(3-10)7-2-5(9)4-13-7/h2,4,6H,3,10H2,1H3. The van der Waals surface area contributed by atoms with Gasteiger partial charge in [-0.05, 0) is 6.07 Å². The third-order valence-electron chi connectivity index (χ3n) is 1.65. The predicted molar refractivity (Wildman–Crippen MR) is 53.1 cm³/mol. The summed E-state index contributed by atoms with van der Waals surface area (Å²) in [6.07, 6.45) is 0. The Morgan fingerprint density at radius 1 is 1.85 bits per heavy atom. The van der Waals surface area contributed by atoms with Gasteiger partial charge < -0.3 is 10.5 Å². The molecular formula is C8H10ClNO2S. The van der Waals surface area contributed by atoms with Gasteiger partial charge in [0, 0.05) is 16.8 Å². The summed E-state index contributed by atoms with van der Waals surface area (Å²) in [6.45, 7) is 0.240. The van der Waals surface area contributed by atoms with Gasteiger partial charge in [-0.2, -0.15) is 0 Å². The third-order valence-corrected chi connectivity index (χ3v) is 3.05. The van der Waals surface area contributed by atoms with Crippen molar-refractivity contribution in [1.82, 2.24) is 0 Å². The topological polar surface area (TPSA) is 52.3 Å². The van der Waals surface area contributed by atoms with Gasteiger partial charge in [-0.1, -0.05) is 11.6 Å². The average Bonchev–Trinajstić information content (AvgIpc) is 2.53. The van der Waals surface area contributed by atoms with E-state index >= 15 is 0 Å². The van der Waals surface area contributed by atoms with Crippen LogP contribution in [0, 0.1) is 0 Å². The summed E-state index contributed by atoms with van der Waals surface area (Å²) < 4.78 is 4.61. The molecule has 72 valence electrons. The number of halogens is 1. The fourth-order valence-electron chi connectivity index (χ4n) is 0.982. The lowest BCUT2D eigenvalue weighted by molar-refractivity contribution is -0.142. The Morgan fingerprint density at radius 3 is 2.92 bits per heavy atom. The molecule has 0 spiro atoms. The van der Waals surface area contributed by atoms with E-state index in [-0.39, 0.29) is 18.4 Å². The minimum Gasteiger partial charge on any atom is -0.468 e. The maximum atomic E-state index is 11.2. The van der Waals surface area contributed by atoms with Crippen LogP contribution in [0.25, 0.3) is 0 Å². The van der Waals surface area contributed by atoms with Crippen LogP contribution in [0.1, 0.15) is 10.8 Å². The number of rotatable bonds is 3. The Hall–Kier alpha value is -0.580. The molecule has 1 aromatic rings. The van der Waals surface area contributed by atoms with Gasteiger partial charge in [0.15, 0.2) is 0 Å². The van der Waals surface area contributed by atoms with Gasteiger partial charge in [0.05, 0.1) is 12.1 Å². The van der Waals surface area contributed by atoms with Crippen LogP contribution in [0.3, 0.4) is 0 Å². The van der Waals surface area contributed by atoms with Crippen LogP contribution in [0.5, 0.6) is 0 Å². The first-order valence-electron chi connectivity index (χ1n) is 3.71. The zero-order valence-corrected chi connectivity index (χ0v) is 8.69. The molecule has 3 nitrogen and oxygen atoms in total. The summed E-state index contributed by atoms with van der Waals surface area (Å²) in [4.78, 5) is 12.1. The maximum Gasteiger partial charge on any atom is 0.315 e. The van der Waals surface area contributed by atoms with E-state index < -0.39 is 0 Å². The Balaban J connectivity index is 2.84. The number of hydrogen-bond acceptors (Lipinski definition) is 4. The second kappa shape index (κ2) is 4.60. The predicted octanol–water partition coefficient (Wildman–Crippen LogP) is 1.62. The van der Waals surface area contributed by atoms with Crippen LogP contribution < -0.4 is 5.73 Å². The van der Waals surface area contributed by atoms with E-state index in [1.165, 1.54) is 18.4 Å². The molecule has 0 amide bonds. The minimum absolute atomic E-state index is 0.240. The number of ether oxygens (including phenoxy) is 1. The van der Waals surface area contributed by atoms with Gasteiger partial charge in [0.1, 0.15) is 5.92 Å². The first-order valence-corrected chi connectivity index (χ1v) is 4.96. The molecule has 0 aliphatic carbocycles. The summed E-state index contributed by atoms with van der Waals surface area (Å²) in [5.74, 6) is -0.705. The number of methoxy groups -OCH3 is 1. The molecule has 0 aliphatic heterocycles. The number of thiophene rings is 1. The highest BCUT2D eigenvalue weighted by Crippen LogP contribution is 2.26. The molecule has 1 atom stereocenters. The summed E-state index contributed by atoms with van der Waals surface area (Å²) in [5, 5.41) is 2.39. The summed E-state index contributed by atoms with van der Waals surface area (Å²) in [7, 11) is 1.35. The van der Waals surface area contributed by atoms with Crippen molar-refractivity contribution in [2.75, 3.05) is 13.7 Å². The molecule has 1 rings (SSSR count). The summed E-state index contributed by atoms with van der Waals surface area (Å²) in [6, 6.07) is 1.74. The number of carbonyl (C=O) groups is 1. The first-order chi connectivity index (χ1) is 6.19. The van der Waals surface area contributed by atoms with Crippen molar-refractivity contribution in [3.05, 3.63) is 21.3 Å². The van der Waals surface area contributed by atoms with Gasteiger partial charge >= 0.3 is 5.97 Å². The second-order valence-corrected chi connectivity index (χ2v) is 3.86. The molecule has 1 unspecified atom stereocenters. The highest BCUT2D eigenvalue weighted by atomic mass is 35.5. The van der Waals surface area contributed by atoms with Crippen LogP contribution in [0.4, 0.5) is 0 Å². The van der Waals surface area contributed by atoms with E-state index in [4.69, 9.17) is 17.3 Å². The molecular weight excluding hydrogens is 210 g/mol. The number of carbonyl (C=O) groups excluding carboxylic acids is 1. The fraction of sp³-hybridized carbons (Fsp3) is 0.375. The highest BCUT2D eigenvalue weighted by molar-refractivity contribution is 7.10. The molecule has 1 heterocycles. The molecule has 0 fully saturated rings. The Morgan fingerprint density at radius 2 is 2.54 bits per heavy atom. The van der Waals surface area contributed by atoms with Crippen LogP contribution in [0.2, 0.25) is 5.02 Å². The first kappa shape index (κ1) is 10.5. The van der Waals surface area contributed by atoms with Crippen molar-refractivity contribution >= 4 is 28.9 Å². The molecule has 5 heteroatoms. The number of nitrogens with two attached hydrogens (primary N) is 1. The monoisotopic (exact) mass is 219 g/mol. The highest BCUT2D eigenvalue weighted by Gasteiger charge is 2.21. The van der Waals surface area contributed by atoms with E-state index in [9.17, 15) is 4.79 Å². The Kier molecular flexibility index (Phi) is 3.71. The molecule has 0 bridgehead atoms. The zero-order valence-electron chi connectivity index (χ0n) is 7.12. The van der Waals surface area contributed by atoms with Crippen molar-refractivity contribution in [3.63, 3.8) is 0 Å². The van der Waals surface area contributed by atoms with Gasteiger partial charge in [0.25, 0.3) is 0 Å². The van der Waals surface area contributed by atoms with E-state index in [1.54, 1.807) is 11.4 Å². The minimum atomic E-state index is -0.387. The molecule has 0 saturated carbocycles. The van der Waals surface area contributed by atoms with Crippen molar-refractivity contribution in [2.24, 2.45) is 5.73 Å². The van der Waals surface area contributed by atoms with E-state index in [2.05, 4.69) is 4.74 Å². The van der Waals surface area contributed by atoms with Gasteiger partial charge in [0.2, 0.25) is 0 Å². The molecule has 2 N–H and O–H groups in total. The largest absolute Gasteiger partial charge is 0.468 e. The Bertz CT molecular complexity index is 300. The quantitative estimate of drug-likeness (QED) is 0.786. The van der Waals surface area contributed by atoms with Crippen molar-refractivity contribution in [1.29, 1.82) is 0 Å². The summed E-state index contributed by atoms with van der Waals surface area (Å²) >= 11 is 7.14. The third kappa shape index (κ3) is 2.43. The molecule has 0 saturated heterocycles. The lowest BCUT2D eigenvalue weighted by Crippen LogP contribution is -2.21. The molecule has 13 heavy (non-hydrogen) atoms. The lowest BCUT2D eigenvalue weighted by atomic mass is 10.1. The van der Waals surface area contributed by atoms with Crippen molar-refractivity contribution in [2.45, 2.75) is 5.92 Å². The lowest BCUT2D eigenvalue weighted by Gasteiger charge is -2.09. The van der Waals surface area contributed by atoms with Crippen LogP contribution in [-0.4, -0.2) is 19.6 Å². The van der Waals surface area contributed by atoms with E-state index in [1.807, 2.05) is 0 Å². The van der Waals surface area contributed by atoms with Gasteiger partial charge in [-0.3, -0.25) is 4.79 Å². The van der Waals surface area contributed by atoms with Crippen LogP contribution in [-0.2, 0) is 9.53 Å². The molecule has 0 aliphatic rings. The SMILES string of the molecule is COC(=O)C(CN)c1cc(Cl)cs1. The fourth-order valence-corrected chi connectivity index (χ4v) is 2.17. The van der Waals surface area contributed by atoms with Crippen molar-refractivity contribution in [3.8, 4) is 0 Å². The van der Waals surface area contributed by atoms with E-state index in [0.717, 1.165) is 4.88 Å². The summed E-state index contributed by atoms with van der Waals surface area (Å²) in [5.41, 5.74) is 5.45. The van der Waals surface area contributed by atoms with Crippen LogP contribution in [0.15, 0.2) is 11.4 Å². The smallest absolute Gasteiger partial charge is 0.315 e. The van der Waals surface area contributed by atoms with E-state index in [0.29, 0.717) is 5.02 Å². The average molecular weight is 220 g/mol. The number of esters is 1. The normalized spacial score (nSPS) is 12.5. The molecule has 1 aromatic heterocycles. The molecule has 0 aromatic carbocycles. The second-order valence-electron chi connectivity index (χ2n) is 2.48. The van der Waals surface area contributed by atoms with Crippen LogP contribution >= 0.6 is 22.9 Å². The van der Waals surface area contributed by atoms with Gasteiger partial charge in [-0.25, -0.2) is 0 Å². The molecule has 0 radical (unpaired) electrons. The van der Waals surface area contributed by atoms with Gasteiger partial charge in [-0.15, -0.1) is 11.3 Å². The Labute approximate surface area is 85.4 Å².